The fraction of sp³-hybridized carbons (Fsp3) is 1.00. The molecule has 108 valence electrons. The molecule has 0 aromatic rings. The Morgan fingerprint density at radius 1 is 0.833 bits per heavy atom. The van der Waals surface area contributed by atoms with Crippen LogP contribution in [-0.2, 0) is 23.4 Å². The molecule has 0 aromatic carbocycles. The van der Waals surface area contributed by atoms with E-state index in [9.17, 15) is 0 Å². The molecule has 0 saturated heterocycles. The molecule has 0 aliphatic rings. The van der Waals surface area contributed by atoms with Gasteiger partial charge in [-0.1, -0.05) is 0 Å². The second-order valence-corrected chi connectivity index (χ2v) is 2.46. The summed E-state index contributed by atoms with van der Waals surface area (Å²) in [7, 11) is 7.27. The van der Waals surface area contributed by atoms with Crippen LogP contribution in [-0.4, -0.2) is 79.5 Å². The van der Waals surface area contributed by atoms with E-state index in [1.807, 2.05) is 0 Å². The van der Waals surface area contributed by atoms with Gasteiger partial charge >= 0.3 is 26.2 Å². The van der Waals surface area contributed by atoms with Crippen LogP contribution in [0.5, 0.6) is 0 Å². The molecule has 7 nitrogen and oxygen atoms in total. The predicted octanol–water partition coefficient (Wildman–Crippen LogP) is -3.72. The fourth-order valence-corrected chi connectivity index (χ4v) is 0.520. The van der Waals surface area contributed by atoms with Gasteiger partial charge in [0.1, 0.15) is 0 Å². The third-order valence-corrected chi connectivity index (χ3v) is 1.05. The standard InChI is InChI=1S/C4H10O3.C3H9BO3.C2H6O.Li.H/c5-1-3-7-4-2-6;1-5-4(6-2)7-3;1-3-2;;/h5-6H,1-4H2;1-3H3;1-2H3;;/q;;;+1;-1. The number of hydrogen-bond donors (Lipinski definition) is 2. The summed E-state index contributed by atoms with van der Waals surface area (Å²) in [5.74, 6) is 0. The van der Waals surface area contributed by atoms with Crippen molar-refractivity contribution in [2.75, 3.05) is 62.0 Å². The van der Waals surface area contributed by atoms with E-state index in [2.05, 4.69) is 23.4 Å². The van der Waals surface area contributed by atoms with Gasteiger partial charge in [0.15, 0.2) is 0 Å². The topological polar surface area (TPSA) is 86.6 Å². The smallest absolute Gasteiger partial charge is 1.00 e. The molecule has 0 heterocycles. The molecule has 0 atom stereocenters. The van der Waals surface area contributed by atoms with E-state index < -0.39 is 7.32 Å². The molecule has 2 N–H and O–H groups in total. The Labute approximate surface area is 124 Å². The summed E-state index contributed by atoms with van der Waals surface area (Å²) in [5.41, 5.74) is 0. The predicted molar refractivity (Wildman–Crippen MR) is 65.8 cm³/mol. The Morgan fingerprint density at radius 3 is 1.22 bits per heavy atom. The maximum absolute atomic E-state index is 8.09. The van der Waals surface area contributed by atoms with Crippen LogP contribution in [0.4, 0.5) is 0 Å². The number of methoxy groups -OCH3 is 1. The van der Waals surface area contributed by atoms with Crippen molar-refractivity contribution in [2.24, 2.45) is 0 Å². The van der Waals surface area contributed by atoms with Crippen molar-refractivity contribution in [3.05, 3.63) is 0 Å². The van der Waals surface area contributed by atoms with E-state index in [1.165, 1.54) is 21.3 Å². The molecule has 0 amide bonds. The zero-order valence-electron chi connectivity index (χ0n) is 13.3. The quantitative estimate of drug-likeness (QED) is 0.361. The van der Waals surface area contributed by atoms with Crippen LogP contribution in [0, 0.1) is 0 Å². The van der Waals surface area contributed by atoms with Gasteiger partial charge in [0.25, 0.3) is 0 Å². The molecule has 0 unspecified atom stereocenters. The van der Waals surface area contributed by atoms with Gasteiger partial charge in [0.2, 0.25) is 0 Å². The first-order valence-electron chi connectivity index (χ1n) is 4.96. The van der Waals surface area contributed by atoms with Gasteiger partial charge in [-0.25, -0.2) is 0 Å². The minimum absolute atomic E-state index is 0. The van der Waals surface area contributed by atoms with Crippen molar-refractivity contribution in [3.63, 3.8) is 0 Å². The normalized spacial score (nSPS) is 8.17. The second kappa shape index (κ2) is 30.4. The van der Waals surface area contributed by atoms with E-state index >= 15 is 0 Å². The van der Waals surface area contributed by atoms with Crippen LogP contribution in [0.3, 0.4) is 0 Å². The van der Waals surface area contributed by atoms with E-state index in [0.29, 0.717) is 13.2 Å². The molecule has 18 heavy (non-hydrogen) atoms. The number of rotatable bonds is 7. The van der Waals surface area contributed by atoms with E-state index in [0.717, 1.165) is 0 Å². The van der Waals surface area contributed by atoms with Crippen LogP contribution < -0.4 is 18.9 Å². The summed E-state index contributed by atoms with van der Waals surface area (Å²) in [6, 6.07) is 0. The summed E-state index contributed by atoms with van der Waals surface area (Å²) < 4.78 is 22.7. The minimum Gasteiger partial charge on any atom is -1.00 e. The van der Waals surface area contributed by atoms with Gasteiger partial charge in [-0.3, -0.25) is 0 Å². The summed E-state index contributed by atoms with van der Waals surface area (Å²) in [5, 5.41) is 16.2. The molecule has 0 bridgehead atoms. The molecule has 0 aliphatic heterocycles. The molecule has 0 spiro atoms. The maximum Gasteiger partial charge on any atom is 1.00 e. The monoisotopic (exact) mass is 264 g/mol. The Kier molecular flexibility index (Phi) is 45.4. The van der Waals surface area contributed by atoms with Gasteiger partial charge in [-0.05, 0) is 0 Å². The van der Waals surface area contributed by atoms with Gasteiger partial charge in [-0.2, -0.15) is 0 Å². The summed E-state index contributed by atoms with van der Waals surface area (Å²) in [6.45, 7) is 0.696. The molecule has 0 fully saturated rings. The average Bonchev–Trinajstić information content (AvgIpc) is 2.34. The number of aliphatic hydroxyl groups is 2. The third kappa shape index (κ3) is 36.0. The van der Waals surface area contributed by atoms with Crippen LogP contribution in [0.15, 0.2) is 0 Å². The van der Waals surface area contributed by atoms with Crippen LogP contribution in [0.1, 0.15) is 1.43 Å². The molecule has 0 radical (unpaired) electrons. The fourth-order valence-electron chi connectivity index (χ4n) is 0.520. The molecular weight excluding hydrogens is 238 g/mol. The van der Waals surface area contributed by atoms with Gasteiger partial charge in [-0.15, -0.1) is 0 Å². The average molecular weight is 264 g/mol. The van der Waals surface area contributed by atoms with Gasteiger partial charge < -0.3 is 35.1 Å². The molecular formula is C9H26BLiO7. The van der Waals surface area contributed by atoms with Crippen molar-refractivity contribution in [1.29, 1.82) is 0 Å². The SMILES string of the molecule is COB(OC)OC.COC.OCCOCCO.[H-].[Li+]. The van der Waals surface area contributed by atoms with Crippen molar-refractivity contribution in [3.8, 4) is 0 Å². The zero-order valence-corrected chi connectivity index (χ0v) is 12.3. The Balaban J connectivity index is -0.0000000525. The number of ether oxygens (including phenoxy) is 2. The van der Waals surface area contributed by atoms with Crippen molar-refractivity contribution in [1.82, 2.24) is 0 Å². The van der Waals surface area contributed by atoms with Gasteiger partial charge in [0.05, 0.1) is 26.4 Å². The first kappa shape index (κ1) is 26.9. The number of aliphatic hydroxyl groups excluding tert-OH is 2. The first-order chi connectivity index (χ1) is 8.17. The van der Waals surface area contributed by atoms with Crippen molar-refractivity contribution in [2.45, 2.75) is 0 Å². The zero-order chi connectivity index (χ0) is 13.9. The summed E-state index contributed by atoms with van der Waals surface area (Å²) in [6.07, 6.45) is 0. The van der Waals surface area contributed by atoms with Crippen LogP contribution in [0.2, 0.25) is 0 Å². The Bertz CT molecular complexity index is 105. The maximum atomic E-state index is 8.09. The van der Waals surface area contributed by atoms with Crippen molar-refractivity contribution >= 4 is 7.32 Å². The first-order valence-corrected chi connectivity index (χ1v) is 4.96. The van der Waals surface area contributed by atoms with Crippen molar-refractivity contribution < 1.29 is 53.9 Å². The van der Waals surface area contributed by atoms with Crippen LogP contribution >= 0.6 is 0 Å². The molecule has 9 heteroatoms. The van der Waals surface area contributed by atoms with E-state index in [-0.39, 0.29) is 33.5 Å². The van der Waals surface area contributed by atoms with Crippen LogP contribution in [0.25, 0.3) is 0 Å². The number of hydrogen-bond acceptors (Lipinski definition) is 7. The Hall–Kier alpha value is 0.382. The van der Waals surface area contributed by atoms with Gasteiger partial charge in [0, 0.05) is 35.5 Å². The molecule has 0 aromatic heterocycles. The molecule has 0 rings (SSSR count). The Morgan fingerprint density at radius 2 is 1.11 bits per heavy atom. The second-order valence-electron chi connectivity index (χ2n) is 2.46. The van der Waals surface area contributed by atoms with E-state index in [4.69, 9.17) is 10.2 Å². The molecule has 0 saturated carbocycles. The largest absolute Gasteiger partial charge is 1.00 e. The van der Waals surface area contributed by atoms with E-state index in [1.54, 1.807) is 14.2 Å². The summed E-state index contributed by atoms with van der Waals surface area (Å²) in [4.78, 5) is 0. The minimum atomic E-state index is -0.514. The third-order valence-electron chi connectivity index (χ3n) is 1.05. The summed E-state index contributed by atoms with van der Waals surface area (Å²) >= 11 is 0. The molecule has 0 aliphatic carbocycles.